The average molecular weight is 441 g/mol. The summed E-state index contributed by atoms with van der Waals surface area (Å²) < 4.78 is 8.87. The Morgan fingerprint density at radius 2 is 2.07 bits per heavy atom. The van der Waals surface area contributed by atoms with Crippen LogP contribution in [-0.2, 0) is 18.4 Å². The first-order valence-corrected chi connectivity index (χ1v) is 10.1. The van der Waals surface area contributed by atoms with E-state index in [1.165, 1.54) is 11.8 Å². The summed E-state index contributed by atoms with van der Waals surface area (Å²) in [5.41, 5.74) is 1.32. The molecule has 0 aliphatic carbocycles. The minimum absolute atomic E-state index is 0.169. The van der Waals surface area contributed by atoms with E-state index in [0.29, 0.717) is 39.1 Å². The Balaban J connectivity index is 1.71. The third-order valence-electron chi connectivity index (χ3n) is 3.80. The maximum atomic E-state index is 12.3. The Bertz CT molecular complexity index is 1000. The second kappa shape index (κ2) is 8.85. The maximum absolute atomic E-state index is 12.3. The first kappa shape index (κ1) is 20.5. The Labute approximate surface area is 176 Å². The lowest BCUT2D eigenvalue weighted by Gasteiger charge is -2.08. The highest BCUT2D eigenvalue weighted by molar-refractivity contribution is 7.99. The normalized spacial score (nSPS) is 10.9. The number of carbonyl (C=O) groups is 1. The summed E-state index contributed by atoms with van der Waals surface area (Å²) in [5, 5.41) is 17.0. The van der Waals surface area contributed by atoms with Gasteiger partial charge in [0, 0.05) is 25.5 Å². The number of hydrogen-bond donors (Lipinski definition) is 1. The van der Waals surface area contributed by atoms with Crippen molar-refractivity contribution in [2.75, 3.05) is 18.2 Å². The van der Waals surface area contributed by atoms with Gasteiger partial charge in [0.05, 0.1) is 22.9 Å². The molecule has 0 saturated carbocycles. The second-order valence-electron chi connectivity index (χ2n) is 5.74. The number of nitrogens with zero attached hydrogens (tertiary/aromatic N) is 5. The van der Waals surface area contributed by atoms with Crippen LogP contribution in [0.2, 0.25) is 10.0 Å². The molecule has 3 aromatic rings. The lowest BCUT2D eigenvalue weighted by Crippen LogP contribution is -2.14. The Morgan fingerprint density at radius 1 is 1.29 bits per heavy atom. The second-order valence-corrected chi connectivity index (χ2v) is 7.50. The van der Waals surface area contributed by atoms with E-state index in [1.54, 1.807) is 30.0 Å². The summed E-state index contributed by atoms with van der Waals surface area (Å²) in [6.45, 7) is 2.62. The van der Waals surface area contributed by atoms with Gasteiger partial charge in [0.2, 0.25) is 11.8 Å². The summed E-state index contributed by atoms with van der Waals surface area (Å²) in [4.78, 5) is 12.3. The highest BCUT2D eigenvalue weighted by Gasteiger charge is 2.20. The van der Waals surface area contributed by atoms with Crippen molar-refractivity contribution in [3.63, 3.8) is 0 Å². The molecule has 0 aliphatic heterocycles. The topological polar surface area (TPSA) is 86.9 Å². The molecule has 1 aromatic carbocycles. The van der Waals surface area contributed by atoms with Crippen molar-refractivity contribution in [3.8, 4) is 17.3 Å². The van der Waals surface area contributed by atoms with Crippen molar-refractivity contribution in [3.05, 3.63) is 34.4 Å². The van der Waals surface area contributed by atoms with Gasteiger partial charge < -0.3 is 14.6 Å². The van der Waals surface area contributed by atoms with Gasteiger partial charge in [-0.2, -0.15) is 0 Å². The summed E-state index contributed by atoms with van der Waals surface area (Å²) in [7, 11) is 3.36. The van der Waals surface area contributed by atoms with Gasteiger partial charge in [-0.15, -0.1) is 15.3 Å². The number of hydrogen-bond acceptors (Lipinski definition) is 6. The maximum Gasteiger partial charge on any atom is 0.243 e. The number of ether oxygens (including phenoxy) is 1. The van der Waals surface area contributed by atoms with Crippen LogP contribution in [0, 0.1) is 0 Å². The number of benzene rings is 1. The molecular weight excluding hydrogens is 423 g/mol. The Kier molecular flexibility index (Phi) is 6.48. The van der Waals surface area contributed by atoms with E-state index >= 15 is 0 Å². The van der Waals surface area contributed by atoms with E-state index in [9.17, 15) is 4.79 Å². The van der Waals surface area contributed by atoms with Crippen LogP contribution in [0.4, 0.5) is 5.69 Å². The minimum atomic E-state index is -0.186. The molecule has 0 aliphatic rings. The fourth-order valence-corrected chi connectivity index (χ4v) is 3.65. The largest absolute Gasteiger partial charge is 0.479 e. The lowest BCUT2D eigenvalue weighted by molar-refractivity contribution is -0.113. The molecule has 0 spiro atoms. The molecule has 1 amide bonds. The summed E-state index contributed by atoms with van der Waals surface area (Å²) in [5.74, 6) is 1.09. The number of amides is 1. The Morgan fingerprint density at radius 3 is 2.75 bits per heavy atom. The van der Waals surface area contributed by atoms with Gasteiger partial charge in [0.1, 0.15) is 5.56 Å². The zero-order valence-electron chi connectivity index (χ0n) is 15.4. The van der Waals surface area contributed by atoms with E-state index in [-0.39, 0.29) is 11.7 Å². The molecule has 0 atom stereocenters. The van der Waals surface area contributed by atoms with E-state index in [2.05, 4.69) is 20.6 Å². The SMILES string of the molecule is CCn1c(SCC(=O)Nc2ccc(Cl)c(Cl)c2)nnc1-c1cn(C)nc1OC. The van der Waals surface area contributed by atoms with E-state index in [1.807, 2.05) is 24.7 Å². The van der Waals surface area contributed by atoms with Crippen molar-refractivity contribution < 1.29 is 9.53 Å². The van der Waals surface area contributed by atoms with Crippen LogP contribution in [0.25, 0.3) is 11.4 Å². The first-order valence-electron chi connectivity index (χ1n) is 8.31. The standard InChI is InChI=1S/C17H18Cl2N6O2S/c1-4-25-15(11-8-24(2)23-16(11)27-3)21-22-17(25)28-9-14(26)20-10-5-6-12(18)13(19)7-10/h5-8H,4,9H2,1-3H3,(H,20,26). The average Bonchev–Trinajstić information content (AvgIpc) is 3.25. The van der Waals surface area contributed by atoms with E-state index in [0.717, 1.165) is 5.56 Å². The zero-order chi connectivity index (χ0) is 20.3. The van der Waals surface area contributed by atoms with Crippen molar-refractivity contribution in [2.24, 2.45) is 7.05 Å². The van der Waals surface area contributed by atoms with Crippen molar-refractivity contribution in [2.45, 2.75) is 18.6 Å². The fourth-order valence-electron chi connectivity index (χ4n) is 2.55. The van der Waals surface area contributed by atoms with E-state index in [4.69, 9.17) is 27.9 Å². The number of nitrogens with one attached hydrogen (secondary N) is 1. The highest BCUT2D eigenvalue weighted by Crippen LogP contribution is 2.30. The molecule has 0 unspecified atom stereocenters. The fraction of sp³-hybridized carbons (Fsp3) is 0.294. The number of rotatable bonds is 7. The first-order chi connectivity index (χ1) is 13.4. The van der Waals surface area contributed by atoms with Gasteiger partial charge in [-0.1, -0.05) is 35.0 Å². The van der Waals surface area contributed by atoms with Crippen LogP contribution in [0.1, 0.15) is 6.92 Å². The minimum Gasteiger partial charge on any atom is -0.479 e. The summed E-state index contributed by atoms with van der Waals surface area (Å²) in [6.07, 6.45) is 1.82. The molecule has 3 rings (SSSR count). The molecule has 0 radical (unpaired) electrons. The molecular formula is C17H18Cl2N6O2S. The number of anilines is 1. The van der Waals surface area contributed by atoms with Crippen LogP contribution in [0.3, 0.4) is 0 Å². The van der Waals surface area contributed by atoms with Crippen LogP contribution in [0.5, 0.6) is 5.88 Å². The predicted molar refractivity (Wildman–Crippen MR) is 110 cm³/mol. The molecule has 11 heteroatoms. The molecule has 2 aromatic heterocycles. The third-order valence-corrected chi connectivity index (χ3v) is 5.50. The third kappa shape index (κ3) is 4.43. The molecule has 0 fully saturated rings. The van der Waals surface area contributed by atoms with Crippen LogP contribution >= 0.6 is 35.0 Å². The Hall–Kier alpha value is -2.23. The molecule has 0 saturated heterocycles. The number of aryl methyl sites for hydroxylation is 1. The lowest BCUT2D eigenvalue weighted by atomic mass is 10.3. The van der Waals surface area contributed by atoms with Gasteiger partial charge in [-0.25, -0.2) is 0 Å². The van der Waals surface area contributed by atoms with Crippen LogP contribution < -0.4 is 10.1 Å². The molecule has 1 N–H and O–H groups in total. The highest BCUT2D eigenvalue weighted by atomic mass is 35.5. The number of halogens is 2. The van der Waals surface area contributed by atoms with Crippen molar-refractivity contribution in [1.29, 1.82) is 0 Å². The van der Waals surface area contributed by atoms with E-state index < -0.39 is 0 Å². The van der Waals surface area contributed by atoms with Crippen LogP contribution in [-0.4, -0.2) is 43.3 Å². The molecule has 0 bridgehead atoms. The molecule has 2 heterocycles. The van der Waals surface area contributed by atoms with Gasteiger partial charge in [-0.05, 0) is 25.1 Å². The summed E-state index contributed by atoms with van der Waals surface area (Å²) in [6, 6.07) is 4.93. The zero-order valence-corrected chi connectivity index (χ0v) is 17.8. The monoisotopic (exact) mass is 440 g/mol. The van der Waals surface area contributed by atoms with Gasteiger partial charge in [-0.3, -0.25) is 9.48 Å². The molecule has 148 valence electrons. The quantitative estimate of drug-likeness (QED) is 0.562. The van der Waals surface area contributed by atoms with Gasteiger partial charge >= 0.3 is 0 Å². The number of thioether (sulfide) groups is 1. The number of aromatic nitrogens is 5. The smallest absolute Gasteiger partial charge is 0.243 e. The molecule has 28 heavy (non-hydrogen) atoms. The van der Waals surface area contributed by atoms with Gasteiger partial charge in [0.15, 0.2) is 11.0 Å². The summed E-state index contributed by atoms with van der Waals surface area (Å²) >= 11 is 13.1. The van der Waals surface area contributed by atoms with Crippen molar-refractivity contribution in [1.82, 2.24) is 24.5 Å². The molecule has 8 nitrogen and oxygen atoms in total. The predicted octanol–water partition coefficient (Wildman–Crippen LogP) is 3.74. The number of methoxy groups -OCH3 is 1. The van der Waals surface area contributed by atoms with Gasteiger partial charge in [0.25, 0.3) is 0 Å². The van der Waals surface area contributed by atoms with Crippen LogP contribution in [0.15, 0.2) is 29.6 Å². The number of carbonyl (C=O) groups excluding carboxylic acids is 1. The van der Waals surface area contributed by atoms with Crippen molar-refractivity contribution >= 4 is 46.6 Å².